The van der Waals surface area contributed by atoms with Gasteiger partial charge in [0.15, 0.2) is 12.0 Å². The maximum absolute atomic E-state index is 13.8. The average molecular weight is 571 g/mol. The van der Waals surface area contributed by atoms with Crippen molar-refractivity contribution in [2.75, 3.05) is 12.4 Å². The first kappa shape index (κ1) is 28.6. The lowest BCUT2D eigenvalue weighted by Crippen LogP contribution is -2.59. The summed E-state index contributed by atoms with van der Waals surface area (Å²) in [6.45, 7) is 4.16. The Morgan fingerprint density at radius 3 is 2.58 bits per heavy atom. The van der Waals surface area contributed by atoms with E-state index in [-0.39, 0.29) is 5.75 Å². The molecule has 1 aromatic heterocycles. The number of hydrogen-bond donors (Lipinski definition) is 4. The molecule has 6 atom stereocenters. The Bertz CT molecular complexity index is 1320. The number of para-hydroxylation sites is 1. The fraction of sp³-hybridized carbons (Fsp3) is 0.522. The molecule has 208 valence electrons. The van der Waals surface area contributed by atoms with Gasteiger partial charge in [0.25, 0.3) is 5.56 Å². The SMILES string of the molecule is CC(C)OC(=O)[C@H](C)NP(=O)(OC[C@@]1(N)O[C@@H](n2ccc(=O)[nH]c2=O)[C@@]2(CCS2)[C@@H]1O)Oc1ccccc1. The van der Waals surface area contributed by atoms with Crippen LogP contribution in [-0.4, -0.2) is 61.7 Å². The van der Waals surface area contributed by atoms with Gasteiger partial charge < -0.3 is 19.1 Å². The van der Waals surface area contributed by atoms with Crippen molar-refractivity contribution >= 4 is 25.5 Å². The van der Waals surface area contributed by atoms with Crippen LogP contribution in [0.25, 0.3) is 0 Å². The van der Waals surface area contributed by atoms with Crippen LogP contribution < -0.4 is 26.6 Å². The number of carbonyl (C=O) groups is 1. The summed E-state index contributed by atoms with van der Waals surface area (Å²) in [5.74, 6) is 0.191. The van der Waals surface area contributed by atoms with Gasteiger partial charge in [0.2, 0.25) is 0 Å². The molecule has 0 aliphatic carbocycles. The molecule has 3 heterocycles. The molecule has 2 aliphatic rings. The quantitative estimate of drug-likeness (QED) is 0.236. The number of aromatic amines is 1. The van der Waals surface area contributed by atoms with Crippen molar-refractivity contribution in [2.45, 2.75) is 62.1 Å². The first-order valence-electron chi connectivity index (χ1n) is 12.0. The van der Waals surface area contributed by atoms with Crippen LogP contribution in [0.5, 0.6) is 5.75 Å². The molecule has 38 heavy (non-hydrogen) atoms. The maximum Gasteiger partial charge on any atom is 0.459 e. The first-order valence-corrected chi connectivity index (χ1v) is 14.5. The molecule has 2 saturated heterocycles. The number of aromatic nitrogens is 2. The Morgan fingerprint density at radius 2 is 2.00 bits per heavy atom. The van der Waals surface area contributed by atoms with Gasteiger partial charge in [0.1, 0.15) is 24.5 Å². The van der Waals surface area contributed by atoms with Crippen LogP contribution in [0.15, 0.2) is 52.2 Å². The fourth-order valence-corrected chi connectivity index (χ4v) is 7.07. The van der Waals surface area contributed by atoms with Crippen molar-refractivity contribution in [2.24, 2.45) is 5.73 Å². The third-order valence-electron chi connectivity index (χ3n) is 6.13. The van der Waals surface area contributed by atoms with E-state index in [1.807, 2.05) is 0 Å². The summed E-state index contributed by atoms with van der Waals surface area (Å²) in [6, 6.07) is 8.23. The Morgan fingerprint density at radius 1 is 1.32 bits per heavy atom. The second-order valence-electron chi connectivity index (χ2n) is 9.41. The average Bonchev–Trinajstić information content (AvgIpc) is 3.05. The molecule has 1 unspecified atom stereocenters. The van der Waals surface area contributed by atoms with Gasteiger partial charge >= 0.3 is 19.4 Å². The van der Waals surface area contributed by atoms with Crippen LogP contribution >= 0.6 is 19.5 Å². The molecular weight excluding hydrogens is 539 g/mol. The number of nitrogens with zero attached hydrogens (tertiary/aromatic N) is 1. The highest BCUT2D eigenvalue weighted by atomic mass is 32.2. The molecule has 5 N–H and O–H groups in total. The maximum atomic E-state index is 13.8. The van der Waals surface area contributed by atoms with E-state index in [1.165, 1.54) is 24.9 Å². The van der Waals surface area contributed by atoms with E-state index in [0.29, 0.717) is 12.2 Å². The van der Waals surface area contributed by atoms with Gasteiger partial charge in [-0.25, -0.2) is 9.36 Å². The van der Waals surface area contributed by atoms with Crippen molar-refractivity contribution in [3.05, 3.63) is 63.4 Å². The molecule has 1 aromatic carbocycles. The Kier molecular flexibility index (Phi) is 8.24. The normalized spacial score (nSPS) is 29.0. The molecule has 4 rings (SSSR count). The van der Waals surface area contributed by atoms with Gasteiger partial charge in [-0.05, 0) is 45.1 Å². The number of hydrogen-bond acceptors (Lipinski definition) is 11. The third kappa shape index (κ3) is 5.76. The number of rotatable bonds is 10. The predicted octanol–water partition coefficient (Wildman–Crippen LogP) is 1.09. The van der Waals surface area contributed by atoms with E-state index in [9.17, 15) is 24.1 Å². The van der Waals surface area contributed by atoms with E-state index in [0.717, 1.165) is 10.6 Å². The molecule has 0 bridgehead atoms. The highest BCUT2D eigenvalue weighted by molar-refractivity contribution is 8.02. The largest absolute Gasteiger partial charge is 0.462 e. The van der Waals surface area contributed by atoms with E-state index in [4.69, 9.17) is 24.3 Å². The smallest absolute Gasteiger partial charge is 0.459 e. The lowest BCUT2D eigenvalue weighted by molar-refractivity contribution is -0.149. The number of ether oxygens (including phenoxy) is 2. The highest BCUT2D eigenvalue weighted by Crippen LogP contribution is 2.59. The Balaban J connectivity index is 1.58. The van der Waals surface area contributed by atoms with Crippen molar-refractivity contribution in [1.29, 1.82) is 0 Å². The number of nitrogens with two attached hydrogens (primary N) is 1. The molecule has 2 fully saturated rings. The molecule has 13 nitrogen and oxygen atoms in total. The van der Waals surface area contributed by atoms with E-state index >= 15 is 0 Å². The number of H-pyrrole nitrogens is 1. The van der Waals surface area contributed by atoms with Crippen molar-refractivity contribution in [1.82, 2.24) is 14.6 Å². The summed E-state index contributed by atoms with van der Waals surface area (Å²) in [4.78, 5) is 38.6. The van der Waals surface area contributed by atoms with Gasteiger partial charge in [-0.1, -0.05) is 18.2 Å². The summed E-state index contributed by atoms with van der Waals surface area (Å²) < 4.78 is 36.4. The summed E-state index contributed by atoms with van der Waals surface area (Å²) in [5.41, 5.74) is 3.22. The number of nitrogens with one attached hydrogen (secondary N) is 2. The molecule has 0 radical (unpaired) electrons. The number of aliphatic hydroxyl groups excluding tert-OH is 1. The zero-order valence-corrected chi connectivity index (χ0v) is 22.8. The Hall–Kier alpha value is -2.45. The second kappa shape index (κ2) is 11.0. The van der Waals surface area contributed by atoms with Crippen molar-refractivity contribution in [3.63, 3.8) is 0 Å². The molecule has 2 aromatic rings. The van der Waals surface area contributed by atoms with Crippen LogP contribution in [0.1, 0.15) is 33.4 Å². The number of esters is 1. The van der Waals surface area contributed by atoms with Crippen molar-refractivity contribution in [3.8, 4) is 5.75 Å². The van der Waals surface area contributed by atoms with Gasteiger partial charge in [-0.2, -0.15) is 5.09 Å². The molecule has 2 aliphatic heterocycles. The summed E-state index contributed by atoms with van der Waals surface area (Å²) in [6.07, 6.45) is -1.08. The summed E-state index contributed by atoms with van der Waals surface area (Å²) in [7, 11) is -4.30. The van der Waals surface area contributed by atoms with E-state index in [2.05, 4.69) is 10.1 Å². The molecule has 1 spiro atoms. The van der Waals surface area contributed by atoms with Crippen LogP contribution in [0, 0.1) is 0 Å². The van der Waals surface area contributed by atoms with Crippen LogP contribution in [-0.2, 0) is 23.4 Å². The standard InChI is InChI=1S/C23H31N4O9PS/c1-14(2)34-18(29)15(3)26-37(32,36-16-7-5-4-6-8-16)33-13-23(24)19(30)22(10-12-38-22)20(35-23)27-11-9-17(28)25-21(27)31/h4-9,11,14-15,19-20,30H,10,12-13,24H2,1-3H3,(H,26,32)(H,25,28,31)/t15-,19-,20+,22+,23+,37?/m0/s1. The van der Waals surface area contributed by atoms with Crippen LogP contribution in [0.4, 0.5) is 0 Å². The molecule has 0 amide bonds. The lowest BCUT2D eigenvalue weighted by Gasteiger charge is -2.43. The number of carbonyl (C=O) groups excluding carboxylic acids is 1. The zero-order valence-electron chi connectivity index (χ0n) is 21.1. The topological polar surface area (TPSA) is 184 Å². The summed E-state index contributed by atoms with van der Waals surface area (Å²) in [5, 5.41) is 13.8. The fourth-order valence-electron chi connectivity index (χ4n) is 4.21. The second-order valence-corrected chi connectivity index (χ2v) is 12.6. The first-order chi connectivity index (χ1) is 17.9. The molecule has 0 saturated carbocycles. The van der Waals surface area contributed by atoms with Gasteiger partial charge in [0.05, 0.1) is 10.9 Å². The minimum absolute atomic E-state index is 0.190. The van der Waals surface area contributed by atoms with Crippen LogP contribution in [0.3, 0.4) is 0 Å². The predicted molar refractivity (Wildman–Crippen MR) is 139 cm³/mol. The Labute approximate surface area is 222 Å². The van der Waals surface area contributed by atoms with Gasteiger partial charge in [0, 0.05) is 12.3 Å². The zero-order chi connectivity index (χ0) is 27.7. The van der Waals surface area contributed by atoms with E-state index < -0.39 is 66.5 Å². The minimum Gasteiger partial charge on any atom is -0.462 e. The van der Waals surface area contributed by atoms with E-state index in [1.54, 1.807) is 44.2 Å². The third-order valence-corrected chi connectivity index (χ3v) is 9.33. The number of benzene rings is 1. The number of aliphatic hydroxyl groups is 1. The summed E-state index contributed by atoms with van der Waals surface area (Å²) >= 11 is 1.36. The van der Waals surface area contributed by atoms with Crippen LogP contribution in [0.2, 0.25) is 0 Å². The number of thioether (sulfide) groups is 1. The molecular formula is C23H31N4O9PS. The molecule has 15 heteroatoms. The lowest BCUT2D eigenvalue weighted by atomic mass is 9.91. The van der Waals surface area contributed by atoms with Crippen molar-refractivity contribution < 1.29 is 33.0 Å². The highest BCUT2D eigenvalue weighted by Gasteiger charge is 2.66. The van der Waals surface area contributed by atoms with Gasteiger partial charge in [-0.15, -0.1) is 11.8 Å². The van der Waals surface area contributed by atoms with Gasteiger partial charge in [-0.3, -0.25) is 29.4 Å². The minimum atomic E-state index is -4.30. The monoisotopic (exact) mass is 570 g/mol.